The van der Waals surface area contributed by atoms with Gasteiger partial charge in [0.15, 0.2) is 0 Å². The van der Waals surface area contributed by atoms with E-state index in [0.717, 1.165) is 16.8 Å². The molecule has 1 atom stereocenters. The monoisotopic (exact) mass is 492 g/mol. The van der Waals surface area contributed by atoms with Gasteiger partial charge in [0.05, 0.1) is 22.3 Å². The molecule has 3 aromatic carbocycles. The number of hydrogen-bond donors (Lipinski definition) is 0. The highest BCUT2D eigenvalue weighted by Crippen LogP contribution is 2.37. The van der Waals surface area contributed by atoms with E-state index in [1.54, 1.807) is 5.01 Å². The summed E-state index contributed by atoms with van der Waals surface area (Å²) in [4.78, 5) is -0.427. The van der Waals surface area contributed by atoms with E-state index < -0.39 is 34.0 Å². The van der Waals surface area contributed by atoms with Gasteiger partial charge >= 0.3 is 12.3 Å². The van der Waals surface area contributed by atoms with Gasteiger partial charge in [-0.05, 0) is 35.4 Å². The second-order valence-electron chi connectivity index (χ2n) is 7.66. The van der Waals surface area contributed by atoms with E-state index in [2.05, 4.69) is 4.18 Å². The van der Waals surface area contributed by atoms with Crippen LogP contribution in [0.3, 0.4) is 0 Å². The van der Waals surface area contributed by atoms with Crippen LogP contribution in [-0.4, -0.2) is 33.1 Å². The van der Waals surface area contributed by atoms with Gasteiger partial charge in [0.1, 0.15) is 6.61 Å². The van der Waals surface area contributed by atoms with Gasteiger partial charge in [-0.3, -0.25) is 9.19 Å². The maximum Gasteiger partial charge on any atom is 0.331 e. The molecule has 0 amide bonds. The summed E-state index contributed by atoms with van der Waals surface area (Å²) >= 11 is 0. The van der Waals surface area contributed by atoms with Crippen LogP contribution in [0.15, 0.2) is 94.9 Å². The van der Waals surface area contributed by atoms with Crippen LogP contribution in [0, 0.1) is 0 Å². The molecule has 5 nitrogen and oxygen atoms in total. The highest BCUT2D eigenvalue weighted by atomic mass is 32.2. The Bertz CT molecular complexity index is 1250. The molecule has 178 valence electrons. The Labute approximate surface area is 194 Å². The van der Waals surface area contributed by atoms with Crippen LogP contribution in [0.4, 0.5) is 23.2 Å². The third-order valence-electron chi connectivity index (χ3n) is 5.32. The summed E-state index contributed by atoms with van der Waals surface area (Å²) in [5.74, 6) is -4.58. The zero-order valence-electron chi connectivity index (χ0n) is 17.7. The first-order valence-corrected chi connectivity index (χ1v) is 11.7. The average Bonchev–Trinajstić information content (AvgIpc) is 3.30. The lowest BCUT2D eigenvalue weighted by Gasteiger charge is -2.24. The van der Waals surface area contributed by atoms with E-state index in [9.17, 15) is 26.0 Å². The number of anilines is 1. The smallest absolute Gasteiger partial charge is 0.260 e. The molecule has 10 heteroatoms. The van der Waals surface area contributed by atoms with E-state index in [1.165, 1.54) is 24.3 Å². The number of hydrogen-bond acceptors (Lipinski definition) is 5. The second-order valence-corrected chi connectivity index (χ2v) is 9.28. The minimum atomic E-state index is -4.65. The zero-order chi connectivity index (χ0) is 24.3. The molecule has 1 aliphatic rings. The van der Waals surface area contributed by atoms with Crippen LogP contribution < -0.4 is 5.01 Å². The number of hydrazone groups is 1. The van der Waals surface area contributed by atoms with Crippen molar-refractivity contribution in [1.82, 2.24) is 0 Å². The molecule has 0 saturated heterocycles. The summed E-state index contributed by atoms with van der Waals surface area (Å²) in [6, 6.07) is 24.4. The molecule has 0 saturated carbocycles. The Balaban J connectivity index is 1.60. The number of benzene rings is 3. The molecule has 1 aliphatic heterocycles. The molecule has 4 rings (SSSR count). The van der Waals surface area contributed by atoms with Gasteiger partial charge in [-0.15, -0.1) is 0 Å². The summed E-state index contributed by atoms with van der Waals surface area (Å²) < 4.78 is 79.4. The highest BCUT2D eigenvalue weighted by molar-refractivity contribution is 7.86. The van der Waals surface area contributed by atoms with Crippen molar-refractivity contribution < 1.29 is 30.2 Å². The molecule has 3 aromatic rings. The molecule has 1 heterocycles. The molecule has 0 radical (unpaired) electrons. The number of halogens is 4. The Morgan fingerprint density at radius 3 is 2.12 bits per heavy atom. The fourth-order valence-corrected chi connectivity index (χ4v) is 4.46. The molecule has 0 aromatic heterocycles. The van der Waals surface area contributed by atoms with Crippen molar-refractivity contribution in [3.05, 3.63) is 96.1 Å². The Morgan fingerprint density at radius 2 is 1.53 bits per heavy atom. The predicted molar refractivity (Wildman–Crippen MR) is 120 cm³/mol. The number of rotatable bonds is 8. The Hall–Kier alpha value is -3.24. The van der Waals surface area contributed by atoms with Crippen LogP contribution >= 0.6 is 0 Å². The van der Waals surface area contributed by atoms with Crippen LogP contribution in [0.2, 0.25) is 0 Å². The van der Waals surface area contributed by atoms with Crippen molar-refractivity contribution >= 4 is 21.5 Å². The summed E-state index contributed by atoms with van der Waals surface area (Å²) in [7, 11) is -4.65. The van der Waals surface area contributed by atoms with Crippen molar-refractivity contribution in [3.63, 3.8) is 0 Å². The first-order valence-electron chi connectivity index (χ1n) is 10.3. The third kappa shape index (κ3) is 5.13. The van der Waals surface area contributed by atoms with Crippen molar-refractivity contribution in [2.45, 2.75) is 29.7 Å². The molecule has 34 heavy (non-hydrogen) atoms. The van der Waals surface area contributed by atoms with Crippen molar-refractivity contribution in [2.24, 2.45) is 5.10 Å². The Morgan fingerprint density at radius 1 is 0.941 bits per heavy atom. The molecule has 0 fully saturated rings. The number of nitrogens with zero attached hydrogens (tertiary/aromatic N) is 2. The maximum absolute atomic E-state index is 13.1. The minimum Gasteiger partial charge on any atom is -0.260 e. The fourth-order valence-electron chi connectivity index (χ4n) is 3.54. The van der Waals surface area contributed by atoms with Crippen molar-refractivity contribution in [3.8, 4) is 0 Å². The SMILES string of the molecule is O=S(=O)(OCC(F)(F)C(F)F)c1ccc(N2N=C(c3ccccc3)CC2c2ccccc2)cc1. The van der Waals surface area contributed by atoms with Gasteiger partial charge in [0.25, 0.3) is 10.1 Å². The lowest BCUT2D eigenvalue weighted by molar-refractivity contribution is -0.147. The van der Waals surface area contributed by atoms with Crippen molar-refractivity contribution in [1.29, 1.82) is 0 Å². The van der Waals surface area contributed by atoms with E-state index in [1.807, 2.05) is 60.7 Å². The van der Waals surface area contributed by atoms with Gasteiger partial charge in [0.2, 0.25) is 0 Å². The second kappa shape index (κ2) is 9.55. The van der Waals surface area contributed by atoms with Gasteiger partial charge in [0, 0.05) is 6.42 Å². The molecule has 0 aliphatic carbocycles. The van der Waals surface area contributed by atoms with E-state index in [0.29, 0.717) is 12.1 Å². The molecule has 1 unspecified atom stereocenters. The van der Waals surface area contributed by atoms with Gasteiger partial charge in [-0.2, -0.15) is 22.3 Å². The molecular weight excluding hydrogens is 472 g/mol. The minimum absolute atomic E-state index is 0.153. The molecule has 0 spiro atoms. The fraction of sp³-hybridized carbons (Fsp3) is 0.208. The van der Waals surface area contributed by atoms with E-state index >= 15 is 0 Å². The van der Waals surface area contributed by atoms with Crippen LogP contribution in [0.1, 0.15) is 23.6 Å². The highest BCUT2D eigenvalue weighted by Gasteiger charge is 2.42. The van der Waals surface area contributed by atoms with Crippen LogP contribution in [-0.2, 0) is 14.3 Å². The van der Waals surface area contributed by atoms with Crippen LogP contribution in [0.25, 0.3) is 0 Å². The topological polar surface area (TPSA) is 59.0 Å². The van der Waals surface area contributed by atoms with E-state index in [4.69, 9.17) is 5.10 Å². The maximum atomic E-state index is 13.1. The molecular formula is C24H20F4N2O3S. The van der Waals surface area contributed by atoms with Crippen molar-refractivity contribution in [2.75, 3.05) is 11.6 Å². The first-order chi connectivity index (χ1) is 16.2. The van der Waals surface area contributed by atoms with E-state index in [-0.39, 0.29) is 6.04 Å². The summed E-state index contributed by atoms with van der Waals surface area (Å²) in [5.41, 5.74) is 3.38. The number of alkyl halides is 4. The normalized spacial score (nSPS) is 16.7. The van der Waals surface area contributed by atoms with Gasteiger partial charge in [-0.1, -0.05) is 60.7 Å². The summed E-state index contributed by atoms with van der Waals surface area (Å²) in [6.45, 7) is -1.94. The predicted octanol–water partition coefficient (Wildman–Crippen LogP) is 5.65. The largest absolute Gasteiger partial charge is 0.331 e. The van der Waals surface area contributed by atoms with Gasteiger partial charge in [-0.25, -0.2) is 8.78 Å². The Kier molecular flexibility index (Phi) is 6.72. The average molecular weight is 492 g/mol. The lowest BCUT2D eigenvalue weighted by atomic mass is 9.98. The zero-order valence-corrected chi connectivity index (χ0v) is 18.5. The first kappa shape index (κ1) is 23.9. The quantitative estimate of drug-likeness (QED) is 0.301. The van der Waals surface area contributed by atoms with Gasteiger partial charge < -0.3 is 0 Å². The summed E-state index contributed by atoms with van der Waals surface area (Å²) in [5, 5.41) is 6.52. The molecule has 0 bridgehead atoms. The summed E-state index contributed by atoms with van der Waals surface area (Å²) in [6.07, 6.45) is -3.42. The third-order valence-corrected chi connectivity index (χ3v) is 6.60. The van der Waals surface area contributed by atoms with Crippen LogP contribution in [0.5, 0.6) is 0 Å². The lowest BCUT2D eigenvalue weighted by Crippen LogP contribution is -2.33. The standard InChI is InChI=1S/C24H20F4N2O3S/c25-23(26)24(27,28)16-33-34(31,32)20-13-11-19(12-14-20)30-22(18-9-5-2-6-10-18)15-21(29-30)17-7-3-1-4-8-17/h1-14,22-23H,15-16H2. The molecule has 0 N–H and O–H groups in total.